The number of aromatic nitrogens is 4. The van der Waals surface area contributed by atoms with Gasteiger partial charge in [0.25, 0.3) is 0 Å². The monoisotopic (exact) mass is 452 g/mol. The number of hydrogen-bond acceptors (Lipinski definition) is 5. The first-order valence-electron chi connectivity index (χ1n) is 10.9. The van der Waals surface area contributed by atoms with Gasteiger partial charge in [0.1, 0.15) is 17.0 Å². The summed E-state index contributed by atoms with van der Waals surface area (Å²) in [6.07, 6.45) is 6.68. The molecule has 5 rings (SSSR count). The number of H-pyrrole nitrogens is 2. The lowest BCUT2D eigenvalue weighted by Crippen LogP contribution is -2.41. The van der Waals surface area contributed by atoms with Gasteiger partial charge in [-0.2, -0.15) is 4.31 Å². The summed E-state index contributed by atoms with van der Waals surface area (Å²) in [4.78, 5) is 18.2. The predicted octanol–water partition coefficient (Wildman–Crippen LogP) is 3.28. The maximum absolute atomic E-state index is 12.5. The topological polar surface area (TPSA) is 98.0 Å². The molecule has 0 bridgehead atoms. The Morgan fingerprint density at radius 2 is 1.94 bits per heavy atom. The second-order valence-corrected chi connectivity index (χ2v) is 10.7. The third-order valence-corrected chi connectivity index (χ3v) is 7.85. The average Bonchev–Trinajstić information content (AvgIpc) is 3.41. The third-order valence-electron chi connectivity index (χ3n) is 6.58. The summed E-state index contributed by atoms with van der Waals surface area (Å²) in [6, 6.07) is 12.1. The van der Waals surface area contributed by atoms with Gasteiger partial charge in [0.15, 0.2) is 0 Å². The van der Waals surface area contributed by atoms with Crippen LogP contribution in [0.4, 0.5) is 0 Å². The molecule has 1 saturated heterocycles. The Morgan fingerprint density at radius 1 is 1.19 bits per heavy atom. The van der Waals surface area contributed by atoms with Crippen molar-refractivity contribution in [3.63, 3.8) is 0 Å². The van der Waals surface area contributed by atoms with Crippen LogP contribution in [0.15, 0.2) is 48.8 Å². The van der Waals surface area contributed by atoms with Crippen LogP contribution in [0.3, 0.4) is 0 Å². The normalized spacial score (nSPS) is 17.5. The van der Waals surface area contributed by atoms with Gasteiger partial charge in [-0.15, -0.1) is 0 Å². The maximum Gasteiger partial charge on any atom is 0.211 e. The summed E-state index contributed by atoms with van der Waals surface area (Å²) < 4.78 is 26.5. The van der Waals surface area contributed by atoms with Gasteiger partial charge in [0, 0.05) is 25.2 Å². The molecule has 0 saturated carbocycles. The number of likely N-dealkylation sites (tertiary alicyclic amines) is 1. The highest BCUT2D eigenvalue weighted by Gasteiger charge is 2.36. The van der Waals surface area contributed by atoms with E-state index in [9.17, 15) is 8.42 Å². The number of nitrogens with one attached hydrogen (secondary N) is 2. The first kappa shape index (κ1) is 21.1. The van der Waals surface area contributed by atoms with E-state index in [1.165, 1.54) is 16.1 Å². The number of nitrogens with zero attached hydrogens (tertiary/aromatic N) is 4. The van der Waals surface area contributed by atoms with E-state index in [-0.39, 0.29) is 12.0 Å². The van der Waals surface area contributed by atoms with Crippen molar-refractivity contribution in [3.8, 4) is 0 Å². The van der Waals surface area contributed by atoms with Gasteiger partial charge >= 0.3 is 0 Å². The Hall–Kier alpha value is -2.75. The summed E-state index contributed by atoms with van der Waals surface area (Å²) in [5.41, 5.74) is 3.72. The maximum atomic E-state index is 12.5. The lowest BCUT2D eigenvalue weighted by Gasteiger charge is -2.38. The Balaban J connectivity index is 1.43. The molecule has 1 unspecified atom stereocenters. The largest absolute Gasteiger partial charge is 0.346 e. The van der Waals surface area contributed by atoms with Crippen molar-refractivity contribution in [2.24, 2.45) is 5.92 Å². The molecule has 4 aromatic rings. The van der Waals surface area contributed by atoms with Gasteiger partial charge in [0.2, 0.25) is 10.0 Å². The molecule has 168 valence electrons. The lowest BCUT2D eigenvalue weighted by molar-refractivity contribution is 0.129. The molecule has 1 aliphatic heterocycles. The average molecular weight is 453 g/mol. The van der Waals surface area contributed by atoms with Crippen molar-refractivity contribution in [1.29, 1.82) is 0 Å². The minimum atomic E-state index is -3.39. The van der Waals surface area contributed by atoms with Crippen molar-refractivity contribution < 1.29 is 8.42 Å². The number of rotatable bonds is 6. The van der Waals surface area contributed by atoms with Gasteiger partial charge in [0.05, 0.1) is 24.0 Å². The number of piperidine rings is 1. The van der Waals surface area contributed by atoms with Gasteiger partial charge in [-0.3, -0.25) is 4.90 Å². The zero-order chi connectivity index (χ0) is 22.3. The first-order valence-corrected chi connectivity index (χ1v) is 12.8. The van der Waals surface area contributed by atoms with Crippen LogP contribution in [-0.4, -0.2) is 64.0 Å². The van der Waals surface area contributed by atoms with Gasteiger partial charge < -0.3 is 9.97 Å². The smallest absolute Gasteiger partial charge is 0.211 e. The molecule has 4 heterocycles. The zero-order valence-electron chi connectivity index (χ0n) is 18.3. The minimum absolute atomic E-state index is 0.178. The second kappa shape index (κ2) is 8.31. The zero-order valence-corrected chi connectivity index (χ0v) is 19.1. The fourth-order valence-electron chi connectivity index (χ4n) is 4.80. The summed E-state index contributed by atoms with van der Waals surface area (Å²) in [5, 5.41) is 0.934. The van der Waals surface area contributed by atoms with Crippen LogP contribution in [0.5, 0.6) is 0 Å². The van der Waals surface area contributed by atoms with Crippen LogP contribution >= 0.6 is 0 Å². The Labute approximate surface area is 187 Å². The van der Waals surface area contributed by atoms with Crippen molar-refractivity contribution in [3.05, 3.63) is 60.2 Å². The Morgan fingerprint density at radius 3 is 2.66 bits per heavy atom. The van der Waals surface area contributed by atoms with Gasteiger partial charge in [-0.1, -0.05) is 30.3 Å². The van der Waals surface area contributed by atoms with Crippen LogP contribution in [0.1, 0.15) is 30.3 Å². The molecule has 0 spiro atoms. The molecule has 1 aliphatic rings. The lowest BCUT2D eigenvalue weighted by atomic mass is 9.88. The molecule has 1 fully saturated rings. The highest BCUT2D eigenvalue weighted by atomic mass is 32.2. The van der Waals surface area contributed by atoms with Crippen LogP contribution in [0.2, 0.25) is 0 Å². The molecule has 0 amide bonds. The summed E-state index contributed by atoms with van der Waals surface area (Å²) >= 11 is 0. The molecular weight excluding hydrogens is 424 g/mol. The van der Waals surface area contributed by atoms with Gasteiger partial charge in [-0.25, -0.2) is 18.4 Å². The Bertz CT molecular complexity index is 1320. The predicted molar refractivity (Wildman–Crippen MR) is 126 cm³/mol. The van der Waals surface area contributed by atoms with Crippen LogP contribution in [0.25, 0.3) is 22.1 Å². The number of hydrogen-bond donors (Lipinski definition) is 2. The molecular formula is C23H28N6O2S. The van der Waals surface area contributed by atoms with Crippen LogP contribution in [0, 0.1) is 5.92 Å². The van der Waals surface area contributed by atoms with E-state index >= 15 is 0 Å². The molecule has 8 nitrogen and oxygen atoms in total. The highest BCUT2D eigenvalue weighted by Crippen LogP contribution is 2.36. The highest BCUT2D eigenvalue weighted by molar-refractivity contribution is 7.88. The van der Waals surface area contributed by atoms with E-state index in [0.29, 0.717) is 5.82 Å². The molecule has 9 heteroatoms. The number of pyridine rings is 1. The number of fused-ring (bicyclic) bond motifs is 3. The molecule has 0 radical (unpaired) electrons. The molecule has 0 aliphatic carbocycles. The summed E-state index contributed by atoms with van der Waals surface area (Å²) in [7, 11) is -1.73. The van der Waals surface area contributed by atoms with E-state index in [1.54, 1.807) is 13.2 Å². The van der Waals surface area contributed by atoms with Crippen LogP contribution < -0.4 is 0 Å². The van der Waals surface area contributed by atoms with Gasteiger partial charge in [-0.05, 0) is 43.5 Å². The van der Waals surface area contributed by atoms with E-state index in [0.717, 1.165) is 54.5 Å². The van der Waals surface area contributed by atoms with E-state index < -0.39 is 10.0 Å². The number of aromatic amines is 2. The van der Waals surface area contributed by atoms with E-state index in [2.05, 4.69) is 44.1 Å². The SMILES string of the molecule is CN(C(c1nc2c(cnc3[nH]ccc32)[nH]1)C1CCN(Cc2ccccc2)CC1)S(C)(=O)=O. The fraction of sp³-hybridized carbons (Fsp3) is 0.391. The van der Waals surface area contributed by atoms with E-state index in [4.69, 9.17) is 4.98 Å². The third kappa shape index (κ3) is 4.03. The van der Waals surface area contributed by atoms with Crippen molar-refractivity contribution in [1.82, 2.24) is 29.1 Å². The standard InChI is InChI=1S/C23H28N6O2S/c1-28(32(2,30)31)21(17-9-12-29(13-10-17)15-16-6-4-3-5-7-16)23-26-19-14-25-22-18(8-11-24-22)20(19)27-23/h3-8,11,14,17,21H,9-10,12-13,15H2,1-2H3,(H,24,25)(H,26,27). The number of imidazole rings is 1. The number of sulfonamides is 1. The van der Waals surface area contributed by atoms with Crippen molar-refractivity contribution in [2.75, 3.05) is 26.4 Å². The van der Waals surface area contributed by atoms with Crippen molar-refractivity contribution >= 4 is 32.1 Å². The molecule has 1 atom stereocenters. The molecule has 32 heavy (non-hydrogen) atoms. The van der Waals surface area contributed by atoms with E-state index in [1.807, 2.05) is 18.3 Å². The minimum Gasteiger partial charge on any atom is -0.346 e. The van der Waals surface area contributed by atoms with Crippen LogP contribution in [-0.2, 0) is 16.6 Å². The van der Waals surface area contributed by atoms with Crippen molar-refractivity contribution in [2.45, 2.75) is 25.4 Å². The fourth-order valence-corrected chi connectivity index (χ4v) is 5.48. The quantitative estimate of drug-likeness (QED) is 0.468. The Kier molecular flexibility index (Phi) is 5.48. The summed E-state index contributed by atoms with van der Waals surface area (Å²) in [5.74, 6) is 0.863. The number of benzene rings is 1. The summed E-state index contributed by atoms with van der Waals surface area (Å²) in [6.45, 7) is 2.77. The first-order chi connectivity index (χ1) is 15.4. The molecule has 3 aromatic heterocycles. The second-order valence-electron chi connectivity index (χ2n) is 8.71. The molecule has 2 N–H and O–H groups in total. The molecule has 1 aromatic carbocycles.